The maximum absolute atomic E-state index is 9.44. The Balaban J connectivity index is 0. The van der Waals surface area contributed by atoms with E-state index in [1.165, 1.54) is 0 Å². The van der Waals surface area contributed by atoms with Gasteiger partial charge in [0.2, 0.25) is 0 Å². The van der Waals surface area contributed by atoms with E-state index in [2.05, 4.69) is 0 Å². The van der Waals surface area contributed by atoms with Gasteiger partial charge in [-0.1, -0.05) is 41.5 Å². The first-order valence-corrected chi connectivity index (χ1v) is 6.63. The molecule has 0 aromatic rings. The van der Waals surface area contributed by atoms with Gasteiger partial charge in [0.05, 0.1) is 11.2 Å². The summed E-state index contributed by atoms with van der Waals surface area (Å²) in [4.78, 5) is 0. The molecule has 0 bridgehead atoms. The molecule has 1 unspecified atom stereocenters. The first-order chi connectivity index (χ1) is 7.19. The van der Waals surface area contributed by atoms with Crippen LogP contribution in [0.2, 0.25) is 0 Å². The highest BCUT2D eigenvalue weighted by atomic mass is 16.3. The fourth-order valence-electron chi connectivity index (χ4n) is 1.16. The maximum Gasteiger partial charge on any atom is 0.0640 e. The summed E-state index contributed by atoms with van der Waals surface area (Å²) in [5.74, 6) is 0.368. The smallest absolute Gasteiger partial charge is 0.0640 e. The predicted octanol–water partition coefficient (Wildman–Crippen LogP) is 3.75. The van der Waals surface area contributed by atoms with Crippen molar-refractivity contribution in [2.75, 3.05) is 0 Å². The zero-order valence-electron chi connectivity index (χ0n) is 12.3. The lowest BCUT2D eigenvalue weighted by molar-refractivity contribution is 0.00997. The summed E-state index contributed by atoms with van der Waals surface area (Å²) in [7, 11) is 0. The van der Waals surface area contributed by atoms with Gasteiger partial charge in [-0.3, -0.25) is 0 Å². The van der Waals surface area contributed by atoms with Crippen LogP contribution in [0.1, 0.15) is 74.1 Å². The lowest BCUT2D eigenvalue weighted by Crippen LogP contribution is -2.29. The molecule has 0 saturated carbocycles. The van der Waals surface area contributed by atoms with Crippen LogP contribution in [-0.4, -0.2) is 21.4 Å². The molecule has 1 atom stereocenters. The molecule has 0 fully saturated rings. The number of hydrogen-bond acceptors (Lipinski definition) is 2. The average Bonchev–Trinajstić information content (AvgIpc) is 2.28. The Morgan fingerprint density at radius 3 is 1.12 bits per heavy atom. The van der Waals surface area contributed by atoms with Crippen molar-refractivity contribution in [3.8, 4) is 0 Å². The molecule has 100 valence electrons. The van der Waals surface area contributed by atoms with Crippen LogP contribution >= 0.6 is 0 Å². The number of rotatable bonds is 5. The second-order valence-electron chi connectivity index (χ2n) is 5.15. The Kier molecular flexibility index (Phi) is 9.23. The highest BCUT2D eigenvalue weighted by molar-refractivity contribution is 4.73. The summed E-state index contributed by atoms with van der Waals surface area (Å²) >= 11 is 0. The summed E-state index contributed by atoms with van der Waals surface area (Å²) in [5.41, 5.74) is -0.833. The van der Waals surface area contributed by atoms with Crippen LogP contribution in [-0.2, 0) is 0 Å². The second-order valence-corrected chi connectivity index (χ2v) is 5.15. The van der Waals surface area contributed by atoms with E-state index in [9.17, 15) is 10.2 Å². The Morgan fingerprint density at radius 1 is 0.812 bits per heavy atom. The molecule has 0 amide bonds. The van der Waals surface area contributed by atoms with Gasteiger partial charge in [0, 0.05) is 0 Å². The van der Waals surface area contributed by atoms with E-state index in [1.54, 1.807) is 0 Å². The standard InChI is InChI=1S/2C7H16O/c1-5-7(4,8)6(2)3;1-4-7(8,5-2)6-3/h6,8H,5H2,1-4H3;8H,4-6H2,1-3H3. The van der Waals surface area contributed by atoms with Crippen LogP contribution in [0.25, 0.3) is 0 Å². The molecule has 0 spiro atoms. The van der Waals surface area contributed by atoms with E-state index < -0.39 is 5.60 Å². The van der Waals surface area contributed by atoms with Crippen molar-refractivity contribution in [2.45, 2.75) is 85.4 Å². The van der Waals surface area contributed by atoms with Gasteiger partial charge in [0.1, 0.15) is 0 Å². The summed E-state index contributed by atoms with van der Waals surface area (Å²) in [5, 5.41) is 18.8. The zero-order chi connectivity index (χ0) is 13.4. The molecule has 2 N–H and O–H groups in total. The van der Waals surface area contributed by atoms with Crippen LogP contribution in [0.15, 0.2) is 0 Å². The topological polar surface area (TPSA) is 40.5 Å². The van der Waals surface area contributed by atoms with E-state index in [0.717, 1.165) is 25.7 Å². The van der Waals surface area contributed by atoms with Crippen molar-refractivity contribution < 1.29 is 10.2 Å². The van der Waals surface area contributed by atoms with E-state index in [1.807, 2.05) is 48.5 Å². The third-order valence-electron chi connectivity index (χ3n) is 3.93. The summed E-state index contributed by atoms with van der Waals surface area (Å²) in [6.07, 6.45) is 3.46. The molecular formula is C14H32O2. The predicted molar refractivity (Wildman–Crippen MR) is 71.6 cm³/mol. The molecule has 0 saturated heterocycles. The van der Waals surface area contributed by atoms with E-state index >= 15 is 0 Å². The molecule has 2 nitrogen and oxygen atoms in total. The van der Waals surface area contributed by atoms with Crippen molar-refractivity contribution in [1.29, 1.82) is 0 Å². The van der Waals surface area contributed by atoms with Gasteiger partial charge in [-0.2, -0.15) is 0 Å². The van der Waals surface area contributed by atoms with Gasteiger partial charge >= 0.3 is 0 Å². The van der Waals surface area contributed by atoms with Crippen molar-refractivity contribution in [3.63, 3.8) is 0 Å². The quantitative estimate of drug-likeness (QED) is 0.758. The molecule has 0 aromatic heterocycles. The molecule has 0 aliphatic heterocycles. The van der Waals surface area contributed by atoms with Crippen molar-refractivity contribution in [2.24, 2.45) is 5.92 Å². The first kappa shape index (κ1) is 18.3. The summed E-state index contributed by atoms with van der Waals surface area (Å²) in [6, 6.07) is 0. The molecule has 0 aliphatic carbocycles. The Hall–Kier alpha value is -0.0800. The van der Waals surface area contributed by atoms with Crippen LogP contribution in [0, 0.1) is 5.92 Å². The minimum atomic E-state index is -0.458. The van der Waals surface area contributed by atoms with Crippen LogP contribution in [0.3, 0.4) is 0 Å². The van der Waals surface area contributed by atoms with Gasteiger partial charge in [0.15, 0.2) is 0 Å². The molecule has 0 radical (unpaired) electrons. The van der Waals surface area contributed by atoms with Crippen LogP contribution in [0.4, 0.5) is 0 Å². The van der Waals surface area contributed by atoms with E-state index in [-0.39, 0.29) is 5.60 Å². The lowest BCUT2D eigenvalue weighted by Gasteiger charge is -2.25. The molecule has 0 heterocycles. The molecule has 0 aromatic carbocycles. The second kappa shape index (κ2) is 8.08. The SMILES string of the molecule is CCC(C)(O)C(C)C.CCC(O)(CC)CC. The van der Waals surface area contributed by atoms with Gasteiger partial charge in [-0.15, -0.1) is 0 Å². The average molecular weight is 232 g/mol. The molecule has 2 heteroatoms. The maximum atomic E-state index is 9.44. The first-order valence-electron chi connectivity index (χ1n) is 6.63. The van der Waals surface area contributed by atoms with Gasteiger partial charge < -0.3 is 10.2 Å². The summed E-state index contributed by atoms with van der Waals surface area (Å²) < 4.78 is 0. The van der Waals surface area contributed by atoms with Crippen molar-refractivity contribution in [3.05, 3.63) is 0 Å². The van der Waals surface area contributed by atoms with Crippen LogP contribution in [0.5, 0.6) is 0 Å². The van der Waals surface area contributed by atoms with Crippen molar-refractivity contribution in [1.82, 2.24) is 0 Å². The Bertz CT molecular complexity index is 142. The Morgan fingerprint density at radius 2 is 1.12 bits per heavy atom. The molecular weight excluding hydrogens is 200 g/mol. The lowest BCUT2D eigenvalue weighted by atomic mass is 9.90. The zero-order valence-corrected chi connectivity index (χ0v) is 12.3. The minimum Gasteiger partial charge on any atom is -0.390 e. The molecule has 0 rings (SSSR count). The fraction of sp³-hybridized carbons (Fsp3) is 1.00. The highest BCUT2D eigenvalue weighted by Crippen LogP contribution is 2.18. The summed E-state index contributed by atoms with van der Waals surface area (Å²) in [6.45, 7) is 14.0. The highest BCUT2D eigenvalue weighted by Gasteiger charge is 2.21. The molecule has 16 heavy (non-hydrogen) atoms. The number of hydrogen-bond donors (Lipinski definition) is 2. The van der Waals surface area contributed by atoms with E-state index in [4.69, 9.17) is 0 Å². The monoisotopic (exact) mass is 232 g/mol. The molecule has 0 aliphatic rings. The van der Waals surface area contributed by atoms with Gasteiger partial charge in [-0.05, 0) is 38.5 Å². The van der Waals surface area contributed by atoms with Crippen LogP contribution < -0.4 is 0 Å². The van der Waals surface area contributed by atoms with Gasteiger partial charge in [-0.25, -0.2) is 0 Å². The Labute approximate surface area is 102 Å². The normalized spacial score (nSPS) is 15.4. The largest absolute Gasteiger partial charge is 0.390 e. The van der Waals surface area contributed by atoms with Gasteiger partial charge in [0.25, 0.3) is 0 Å². The van der Waals surface area contributed by atoms with Crippen molar-refractivity contribution >= 4 is 0 Å². The third-order valence-corrected chi connectivity index (χ3v) is 3.93. The fourth-order valence-corrected chi connectivity index (χ4v) is 1.16. The number of aliphatic hydroxyl groups is 2. The van der Waals surface area contributed by atoms with E-state index in [0.29, 0.717) is 5.92 Å². The minimum absolute atomic E-state index is 0.368. The third kappa shape index (κ3) is 7.24.